The Balaban J connectivity index is 2.12. The van der Waals surface area contributed by atoms with Gasteiger partial charge in [-0.1, -0.05) is 27.7 Å². The standard InChI is InChI=1S/C25H35N5O5/c1-16(33)28-19-20(34)30(25(7)11-18(27-15-32)9-23(4,5)13-25)21(35)29(19)24(6)10-17(26-14-31)8-22(2,3)12-24/h17-18H,8-13H2,1-7H3/t17-,18+,24+,25+/m0/s1. The van der Waals surface area contributed by atoms with Crippen LogP contribution in [0, 0.1) is 10.8 Å². The molecule has 0 aromatic rings. The van der Waals surface area contributed by atoms with Crippen molar-refractivity contribution in [1.82, 2.24) is 9.80 Å². The zero-order chi connectivity index (χ0) is 26.4. The highest BCUT2D eigenvalue weighted by molar-refractivity contribution is 6.48. The Morgan fingerprint density at radius 1 is 0.800 bits per heavy atom. The monoisotopic (exact) mass is 485 g/mol. The summed E-state index contributed by atoms with van der Waals surface area (Å²) < 4.78 is 0. The van der Waals surface area contributed by atoms with Crippen LogP contribution in [0.2, 0.25) is 0 Å². The second-order valence-corrected chi connectivity index (χ2v) is 12.5. The summed E-state index contributed by atoms with van der Waals surface area (Å²) in [4.78, 5) is 76.4. The summed E-state index contributed by atoms with van der Waals surface area (Å²) >= 11 is 0. The fourth-order valence-electron chi connectivity index (χ4n) is 7.14. The molecule has 2 saturated carbocycles. The molecule has 0 aromatic carbocycles. The van der Waals surface area contributed by atoms with Gasteiger partial charge in [-0.25, -0.2) is 24.4 Å². The van der Waals surface area contributed by atoms with Crippen molar-refractivity contribution in [2.24, 2.45) is 25.8 Å². The van der Waals surface area contributed by atoms with Gasteiger partial charge in [0.2, 0.25) is 23.9 Å². The average molecular weight is 486 g/mol. The van der Waals surface area contributed by atoms with Crippen LogP contribution in [0.3, 0.4) is 0 Å². The number of amidine groups is 1. The lowest BCUT2D eigenvalue weighted by Crippen LogP contribution is -2.59. The number of amides is 4. The van der Waals surface area contributed by atoms with Crippen molar-refractivity contribution in [3.63, 3.8) is 0 Å². The van der Waals surface area contributed by atoms with Gasteiger partial charge >= 0.3 is 6.03 Å². The molecule has 1 saturated heterocycles. The molecule has 190 valence electrons. The maximum atomic E-state index is 14.1. The Morgan fingerprint density at radius 3 is 1.63 bits per heavy atom. The second kappa shape index (κ2) is 8.92. The van der Waals surface area contributed by atoms with Crippen molar-refractivity contribution in [3.8, 4) is 0 Å². The molecular formula is C25H35N5O5. The third-order valence-electron chi connectivity index (χ3n) is 7.45. The van der Waals surface area contributed by atoms with Crippen LogP contribution in [-0.2, 0) is 19.2 Å². The Hall–Kier alpha value is -2.96. The van der Waals surface area contributed by atoms with Gasteiger partial charge in [0.1, 0.15) is 0 Å². The number of carbonyl (C=O) groups is 3. The van der Waals surface area contributed by atoms with E-state index < -0.39 is 28.9 Å². The minimum absolute atomic E-state index is 0.212. The number of nitrogens with zero attached hydrogens (tertiary/aromatic N) is 5. The number of isocyanates is 2. The van der Waals surface area contributed by atoms with E-state index >= 15 is 0 Å². The van der Waals surface area contributed by atoms with Gasteiger partial charge in [0.25, 0.3) is 5.91 Å². The van der Waals surface area contributed by atoms with Gasteiger partial charge in [-0.2, -0.15) is 4.99 Å². The van der Waals surface area contributed by atoms with Crippen LogP contribution < -0.4 is 0 Å². The van der Waals surface area contributed by atoms with Gasteiger partial charge < -0.3 is 0 Å². The summed E-state index contributed by atoms with van der Waals surface area (Å²) in [6, 6.07) is -1.33. The summed E-state index contributed by atoms with van der Waals surface area (Å²) in [6.45, 7) is 13.0. The van der Waals surface area contributed by atoms with E-state index in [9.17, 15) is 24.0 Å². The molecule has 2 aliphatic carbocycles. The van der Waals surface area contributed by atoms with E-state index in [2.05, 4.69) is 15.0 Å². The van der Waals surface area contributed by atoms with Crippen molar-refractivity contribution >= 4 is 35.8 Å². The first kappa shape index (κ1) is 26.6. The molecule has 0 spiro atoms. The SMILES string of the molecule is CC(=O)N=C1C(=O)N([C@]2(C)C[C@H](N=C=O)CC(C)(C)C2)C(=O)N1[C@]1(C)C[C@@H](N=C=O)CC(C)(C)C1. The fraction of sp³-hybridized carbons (Fsp3) is 0.760. The van der Waals surface area contributed by atoms with Crippen molar-refractivity contribution in [1.29, 1.82) is 0 Å². The van der Waals surface area contributed by atoms with Gasteiger partial charge in [-0.3, -0.25) is 19.4 Å². The number of hydrogen-bond acceptors (Lipinski definition) is 7. The quantitative estimate of drug-likeness (QED) is 0.342. The van der Waals surface area contributed by atoms with Crippen LogP contribution in [0.5, 0.6) is 0 Å². The molecule has 0 N–H and O–H groups in total. The zero-order valence-corrected chi connectivity index (χ0v) is 21.7. The molecular weight excluding hydrogens is 450 g/mol. The van der Waals surface area contributed by atoms with E-state index in [0.717, 1.165) is 0 Å². The Labute approximate surface area is 205 Å². The van der Waals surface area contributed by atoms with Gasteiger partial charge in [-0.15, -0.1) is 0 Å². The van der Waals surface area contributed by atoms with Crippen LogP contribution in [0.4, 0.5) is 4.79 Å². The molecule has 1 aliphatic heterocycles. The molecule has 0 radical (unpaired) electrons. The summed E-state index contributed by atoms with van der Waals surface area (Å²) in [5.41, 5.74) is -2.46. The predicted octanol–water partition coefficient (Wildman–Crippen LogP) is 3.54. The molecule has 0 unspecified atom stereocenters. The molecule has 0 aromatic heterocycles. The minimum Gasteiger partial charge on any atom is -0.273 e. The lowest BCUT2D eigenvalue weighted by atomic mass is 9.66. The lowest BCUT2D eigenvalue weighted by Gasteiger charge is -2.50. The van der Waals surface area contributed by atoms with Crippen molar-refractivity contribution in [2.75, 3.05) is 0 Å². The van der Waals surface area contributed by atoms with Gasteiger partial charge in [0.05, 0.1) is 23.2 Å². The molecule has 3 fully saturated rings. The van der Waals surface area contributed by atoms with Crippen LogP contribution in [0.15, 0.2) is 15.0 Å². The van der Waals surface area contributed by atoms with Gasteiger partial charge in [-0.05, 0) is 63.2 Å². The first-order valence-electron chi connectivity index (χ1n) is 12.0. The normalized spacial score (nSPS) is 35.5. The molecule has 4 amide bonds. The molecule has 1 heterocycles. The Kier molecular flexibility index (Phi) is 6.79. The largest absolute Gasteiger partial charge is 0.333 e. The number of aliphatic imine (C=N–C) groups is 3. The van der Waals surface area contributed by atoms with E-state index in [1.807, 2.05) is 41.5 Å². The molecule has 0 bridgehead atoms. The molecule has 4 atom stereocenters. The zero-order valence-electron chi connectivity index (χ0n) is 21.7. The van der Waals surface area contributed by atoms with Crippen molar-refractivity contribution in [3.05, 3.63) is 0 Å². The predicted molar refractivity (Wildman–Crippen MR) is 128 cm³/mol. The Morgan fingerprint density at radius 2 is 1.23 bits per heavy atom. The van der Waals surface area contributed by atoms with Crippen LogP contribution >= 0.6 is 0 Å². The van der Waals surface area contributed by atoms with Gasteiger partial charge in [0, 0.05) is 6.92 Å². The highest BCUT2D eigenvalue weighted by Crippen LogP contribution is 2.50. The number of rotatable bonds is 4. The number of carbonyl (C=O) groups excluding carboxylic acids is 5. The fourth-order valence-corrected chi connectivity index (χ4v) is 7.14. The first-order valence-corrected chi connectivity index (χ1v) is 12.0. The van der Waals surface area contributed by atoms with Gasteiger partial charge in [0.15, 0.2) is 0 Å². The van der Waals surface area contributed by atoms with E-state index in [4.69, 9.17) is 0 Å². The smallest absolute Gasteiger partial charge is 0.273 e. The highest BCUT2D eigenvalue weighted by atomic mass is 16.2. The molecule has 3 rings (SSSR count). The van der Waals surface area contributed by atoms with E-state index in [-0.39, 0.29) is 28.7 Å². The third kappa shape index (κ3) is 5.19. The molecule has 3 aliphatic rings. The van der Waals surface area contributed by atoms with E-state index in [1.165, 1.54) is 16.7 Å². The van der Waals surface area contributed by atoms with E-state index in [1.54, 1.807) is 12.2 Å². The summed E-state index contributed by atoms with van der Waals surface area (Å²) in [6.07, 6.45) is 6.17. The summed E-state index contributed by atoms with van der Waals surface area (Å²) in [5, 5.41) is 0. The number of urea groups is 1. The number of hydrogen-bond donors (Lipinski definition) is 0. The molecule has 10 heteroatoms. The third-order valence-corrected chi connectivity index (χ3v) is 7.45. The highest BCUT2D eigenvalue weighted by Gasteiger charge is 2.60. The summed E-state index contributed by atoms with van der Waals surface area (Å²) in [7, 11) is 0. The van der Waals surface area contributed by atoms with E-state index in [0.29, 0.717) is 38.5 Å². The topological polar surface area (TPSA) is 129 Å². The number of imide groups is 1. The lowest BCUT2D eigenvalue weighted by molar-refractivity contribution is -0.127. The Bertz CT molecular complexity index is 1070. The maximum absolute atomic E-state index is 14.1. The molecule has 35 heavy (non-hydrogen) atoms. The average Bonchev–Trinajstić information content (AvgIpc) is 2.89. The van der Waals surface area contributed by atoms with Crippen molar-refractivity contribution < 1.29 is 24.0 Å². The second-order valence-electron chi connectivity index (χ2n) is 12.5. The van der Waals surface area contributed by atoms with Crippen LogP contribution in [0.1, 0.15) is 87.0 Å². The summed E-state index contributed by atoms with van der Waals surface area (Å²) in [5.74, 6) is -1.44. The maximum Gasteiger partial charge on any atom is 0.333 e. The molecule has 10 nitrogen and oxygen atoms in total. The van der Waals surface area contributed by atoms with Crippen molar-refractivity contribution in [2.45, 2.75) is 110 Å². The minimum atomic E-state index is -0.950. The van der Waals surface area contributed by atoms with Crippen LogP contribution in [-0.4, -0.2) is 68.8 Å². The van der Waals surface area contributed by atoms with Crippen LogP contribution in [0.25, 0.3) is 0 Å². The first-order chi connectivity index (χ1) is 16.1.